The van der Waals surface area contributed by atoms with E-state index in [0.717, 1.165) is 30.5 Å². The summed E-state index contributed by atoms with van der Waals surface area (Å²) in [5, 5.41) is 0. The van der Waals surface area contributed by atoms with E-state index in [1.807, 2.05) is 24.1 Å². The second-order valence-corrected chi connectivity index (χ2v) is 5.43. The van der Waals surface area contributed by atoms with Gasteiger partial charge in [-0.05, 0) is 0 Å². The van der Waals surface area contributed by atoms with Gasteiger partial charge < -0.3 is 9.30 Å². The number of imidazole rings is 1. The van der Waals surface area contributed by atoms with Gasteiger partial charge in [-0.1, -0.05) is 6.92 Å². The maximum Gasteiger partial charge on any atom is 0.151 e. The minimum Gasteiger partial charge on any atom is -0.380 e. The molecule has 3 heterocycles. The van der Waals surface area contributed by atoms with Crippen molar-refractivity contribution < 1.29 is 4.74 Å². The Hall–Kier alpha value is -1.20. The van der Waals surface area contributed by atoms with Gasteiger partial charge in [0.2, 0.25) is 0 Å². The molecule has 16 heavy (non-hydrogen) atoms. The standard InChI is InChI=1S/C11H13N3OS/c1-11(6-15-7-11)5-14-3-2-13-10(14)9-4-12-8-16-9/h2-4,8H,5-7H2,1H3. The van der Waals surface area contributed by atoms with Crippen molar-refractivity contribution in [3.8, 4) is 10.7 Å². The zero-order valence-electron chi connectivity index (χ0n) is 9.09. The summed E-state index contributed by atoms with van der Waals surface area (Å²) in [5.41, 5.74) is 2.10. The summed E-state index contributed by atoms with van der Waals surface area (Å²) in [4.78, 5) is 9.60. The van der Waals surface area contributed by atoms with Crippen molar-refractivity contribution in [3.63, 3.8) is 0 Å². The Morgan fingerprint density at radius 1 is 1.56 bits per heavy atom. The molecule has 1 fully saturated rings. The minimum atomic E-state index is 0.264. The lowest BCUT2D eigenvalue weighted by molar-refractivity contribution is -0.109. The van der Waals surface area contributed by atoms with Crippen LogP contribution < -0.4 is 0 Å². The van der Waals surface area contributed by atoms with Crippen molar-refractivity contribution in [1.82, 2.24) is 14.5 Å². The molecule has 0 aliphatic carbocycles. The van der Waals surface area contributed by atoms with Crippen LogP contribution in [0, 0.1) is 5.41 Å². The molecule has 84 valence electrons. The van der Waals surface area contributed by atoms with Gasteiger partial charge in [0.25, 0.3) is 0 Å². The molecular formula is C11H13N3OS. The zero-order valence-corrected chi connectivity index (χ0v) is 9.91. The fourth-order valence-electron chi connectivity index (χ4n) is 1.94. The lowest BCUT2D eigenvalue weighted by Gasteiger charge is -2.38. The first kappa shape index (κ1) is 9.99. The summed E-state index contributed by atoms with van der Waals surface area (Å²) >= 11 is 1.62. The van der Waals surface area contributed by atoms with E-state index in [-0.39, 0.29) is 5.41 Å². The second-order valence-electron chi connectivity index (χ2n) is 4.55. The Morgan fingerprint density at radius 2 is 2.44 bits per heavy atom. The maximum atomic E-state index is 5.27. The third-order valence-electron chi connectivity index (χ3n) is 2.82. The average Bonchev–Trinajstić information content (AvgIpc) is 2.83. The highest BCUT2D eigenvalue weighted by atomic mass is 32.1. The number of rotatable bonds is 3. The fraction of sp³-hybridized carbons (Fsp3) is 0.455. The molecule has 0 aromatic carbocycles. The molecule has 1 aliphatic heterocycles. The van der Waals surface area contributed by atoms with Crippen LogP contribution in [0.1, 0.15) is 6.92 Å². The first-order chi connectivity index (χ1) is 7.77. The zero-order chi connectivity index (χ0) is 11.0. The van der Waals surface area contributed by atoms with Crippen LogP contribution in [-0.4, -0.2) is 27.7 Å². The van der Waals surface area contributed by atoms with Crippen LogP contribution in [0.3, 0.4) is 0 Å². The Bertz CT molecular complexity index is 473. The van der Waals surface area contributed by atoms with Gasteiger partial charge >= 0.3 is 0 Å². The molecule has 0 atom stereocenters. The van der Waals surface area contributed by atoms with Gasteiger partial charge in [-0.3, -0.25) is 4.98 Å². The smallest absolute Gasteiger partial charge is 0.151 e. The maximum absolute atomic E-state index is 5.27. The summed E-state index contributed by atoms with van der Waals surface area (Å²) < 4.78 is 7.46. The normalized spacial score (nSPS) is 18.3. The van der Waals surface area contributed by atoms with Crippen molar-refractivity contribution in [2.24, 2.45) is 5.41 Å². The van der Waals surface area contributed by atoms with Gasteiger partial charge in [-0.25, -0.2) is 4.98 Å². The lowest BCUT2D eigenvalue weighted by atomic mass is 9.88. The van der Waals surface area contributed by atoms with Crippen LogP contribution in [0.5, 0.6) is 0 Å². The van der Waals surface area contributed by atoms with Gasteiger partial charge in [0.15, 0.2) is 5.82 Å². The summed E-state index contributed by atoms with van der Waals surface area (Å²) in [7, 11) is 0. The third-order valence-corrected chi connectivity index (χ3v) is 3.59. The van der Waals surface area contributed by atoms with E-state index in [4.69, 9.17) is 4.74 Å². The third kappa shape index (κ3) is 1.66. The summed E-state index contributed by atoms with van der Waals surface area (Å²) in [5.74, 6) is 1.01. The van der Waals surface area contributed by atoms with Crippen LogP contribution in [0.2, 0.25) is 0 Å². The molecule has 1 saturated heterocycles. The van der Waals surface area contributed by atoms with Crippen LogP contribution in [-0.2, 0) is 11.3 Å². The molecule has 2 aromatic rings. The van der Waals surface area contributed by atoms with E-state index >= 15 is 0 Å². The van der Waals surface area contributed by atoms with E-state index < -0.39 is 0 Å². The Labute approximate surface area is 97.9 Å². The molecule has 0 unspecified atom stereocenters. The van der Waals surface area contributed by atoms with Crippen LogP contribution in [0.15, 0.2) is 24.1 Å². The predicted octanol–water partition coefficient (Wildman–Crippen LogP) is 2.04. The monoisotopic (exact) mass is 235 g/mol. The van der Waals surface area contributed by atoms with E-state index in [1.165, 1.54) is 0 Å². The van der Waals surface area contributed by atoms with Crippen LogP contribution >= 0.6 is 11.3 Å². The number of hydrogen-bond acceptors (Lipinski definition) is 4. The molecule has 1 aliphatic rings. The van der Waals surface area contributed by atoms with Crippen molar-refractivity contribution in [2.45, 2.75) is 13.5 Å². The first-order valence-corrected chi connectivity index (χ1v) is 6.13. The topological polar surface area (TPSA) is 39.9 Å². The largest absolute Gasteiger partial charge is 0.380 e. The van der Waals surface area contributed by atoms with E-state index in [9.17, 15) is 0 Å². The Kier molecular flexibility index (Phi) is 2.29. The van der Waals surface area contributed by atoms with Gasteiger partial charge in [0, 0.05) is 30.6 Å². The molecular weight excluding hydrogens is 222 g/mol. The van der Waals surface area contributed by atoms with Gasteiger partial charge in [-0.2, -0.15) is 0 Å². The van der Waals surface area contributed by atoms with Crippen molar-refractivity contribution in [1.29, 1.82) is 0 Å². The molecule has 0 saturated carbocycles. The highest BCUT2D eigenvalue weighted by Crippen LogP contribution is 2.31. The van der Waals surface area contributed by atoms with Crippen molar-refractivity contribution in [3.05, 3.63) is 24.1 Å². The van der Waals surface area contributed by atoms with Gasteiger partial charge in [-0.15, -0.1) is 11.3 Å². The second kappa shape index (κ2) is 3.68. The minimum absolute atomic E-state index is 0.264. The lowest BCUT2D eigenvalue weighted by Crippen LogP contribution is -2.43. The summed E-state index contributed by atoms with van der Waals surface area (Å²) in [6.45, 7) is 4.88. The molecule has 0 radical (unpaired) electrons. The van der Waals surface area contributed by atoms with E-state index in [0.29, 0.717) is 0 Å². The summed E-state index contributed by atoms with van der Waals surface area (Å²) in [6.07, 6.45) is 5.74. The molecule has 0 amide bonds. The molecule has 5 heteroatoms. The average molecular weight is 235 g/mol. The number of thiazole rings is 1. The quantitative estimate of drug-likeness (QED) is 0.817. The van der Waals surface area contributed by atoms with Gasteiger partial charge in [0.1, 0.15) is 0 Å². The van der Waals surface area contributed by atoms with Gasteiger partial charge in [0.05, 0.1) is 23.6 Å². The Morgan fingerprint density at radius 3 is 3.06 bits per heavy atom. The number of ether oxygens (including phenoxy) is 1. The molecule has 4 nitrogen and oxygen atoms in total. The van der Waals surface area contributed by atoms with Crippen LogP contribution in [0.25, 0.3) is 10.7 Å². The fourth-order valence-corrected chi connectivity index (χ4v) is 2.57. The highest BCUT2D eigenvalue weighted by molar-refractivity contribution is 7.13. The van der Waals surface area contributed by atoms with Crippen molar-refractivity contribution in [2.75, 3.05) is 13.2 Å². The molecule has 0 N–H and O–H groups in total. The molecule has 3 rings (SSSR count). The van der Waals surface area contributed by atoms with E-state index in [1.54, 1.807) is 11.3 Å². The highest BCUT2D eigenvalue weighted by Gasteiger charge is 2.34. The number of hydrogen-bond donors (Lipinski definition) is 0. The number of aromatic nitrogens is 3. The SMILES string of the molecule is CC1(Cn2ccnc2-c2cncs2)COC1. The Balaban J connectivity index is 1.88. The van der Waals surface area contributed by atoms with Crippen LogP contribution in [0.4, 0.5) is 0 Å². The van der Waals surface area contributed by atoms with E-state index in [2.05, 4.69) is 21.5 Å². The number of nitrogens with zero attached hydrogens (tertiary/aromatic N) is 3. The molecule has 0 spiro atoms. The van der Waals surface area contributed by atoms with Crippen molar-refractivity contribution >= 4 is 11.3 Å². The molecule has 0 bridgehead atoms. The summed E-state index contributed by atoms with van der Waals surface area (Å²) in [6, 6.07) is 0. The predicted molar refractivity (Wildman–Crippen MR) is 62.3 cm³/mol. The molecule has 2 aromatic heterocycles. The first-order valence-electron chi connectivity index (χ1n) is 5.25.